The van der Waals surface area contributed by atoms with Crippen molar-refractivity contribution in [2.45, 2.75) is 38.6 Å². The van der Waals surface area contributed by atoms with E-state index in [0.717, 1.165) is 54.1 Å². The van der Waals surface area contributed by atoms with Crippen LogP contribution in [0.5, 0.6) is 0 Å². The van der Waals surface area contributed by atoms with Crippen LogP contribution in [0.15, 0.2) is 30.7 Å². The summed E-state index contributed by atoms with van der Waals surface area (Å²) in [6, 6.07) is 3.59. The minimum absolute atomic E-state index is 0.0374. The summed E-state index contributed by atoms with van der Waals surface area (Å²) in [4.78, 5) is 21.8. The molecule has 0 spiro atoms. The topological polar surface area (TPSA) is 75.4 Å². The van der Waals surface area contributed by atoms with Crippen molar-refractivity contribution in [2.75, 3.05) is 18.0 Å². The van der Waals surface area contributed by atoms with Gasteiger partial charge in [0.15, 0.2) is 5.65 Å². The molecular weight excluding hydrogens is 359 g/mol. The predicted molar refractivity (Wildman–Crippen MR) is 104 cm³/mol. The molecule has 4 heterocycles. The molecule has 1 aliphatic rings. The standard InChI is InChI=1S/C20H23FN6O/c1-14-11-24-27-9-6-19(25-20(14)27)26-8-3-5-18(26)16-10-15(21)12-23-17(16)4-2-7-22-13-28/h6,9-13,18H,2-5,7-8H2,1H3,(H,22,28). The third kappa shape index (κ3) is 3.54. The molecule has 0 saturated carbocycles. The number of hydrogen-bond donors (Lipinski definition) is 1. The second-order valence-corrected chi connectivity index (χ2v) is 7.10. The highest BCUT2D eigenvalue weighted by Gasteiger charge is 2.30. The molecule has 3 aromatic rings. The van der Waals surface area contributed by atoms with Crippen LogP contribution in [0.2, 0.25) is 0 Å². The summed E-state index contributed by atoms with van der Waals surface area (Å²) in [6.45, 7) is 3.43. The van der Waals surface area contributed by atoms with Crippen molar-refractivity contribution in [3.63, 3.8) is 0 Å². The Bertz CT molecular complexity index is 988. The Morgan fingerprint density at radius 1 is 1.39 bits per heavy atom. The second kappa shape index (κ2) is 7.92. The maximum Gasteiger partial charge on any atom is 0.207 e. The highest BCUT2D eigenvalue weighted by molar-refractivity contribution is 5.54. The molecule has 1 aliphatic heterocycles. The number of nitrogens with zero attached hydrogens (tertiary/aromatic N) is 5. The van der Waals surface area contributed by atoms with E-state index < -0.39 is 0 Å². The number of pyridine rings is 1. The predicted octanol–water partition coefficient (Wildman–Crippen LogP) is 2.59. The number of halogens is 1. The Morgan fingerprint density at radius 3 is 3.14 bits per heavy atom. The molecule has 1 N–H and O–H groups in total. The number of nitrogens with one attached hydrogen (secondary N) is 1. The number of carbonyl (C=O) groups excluding carboxylic acids is 1. The van der Waals surface area contributed by atoms with Crippen LogP contribution in [0.25, 0.3) is 5.65 Å². The third-order valence-electron chi connectivity index (χ3n) is 5.23. The minimum atomic E-state index is -0.327. The summed E-state index contributed by atoms with van der Waals surface area (Å²) in [5.74, 6) is 0.545. The van der Waals surface area contributed by atoms with Crippen LogP contribution >= 0.6 is 0 Å². The van der Waals surface area contributed by atoms with Gasteiger partial charge in [-0.25, -0.2) is 13.9 Å². The molecule has 1 atom stereocenters. The Labute approximate surface area is 162 Å². The zero-order valence-corrected chi connectivity index (χ0v) is 15.8. The molecule has 28 heavy (non-hydrogen) atoms. The van der Waals surface area contributed by atoms with Gasteiger partial charge in [0.1, 0.15) is 11.6 Å². The van der Waals surface area contributed by atoms with Crippen LogP contribution in [0.1, 0.15) is 42.1 Å². The summed E-state index contributed by atoms with van der Waals surface area (Å²) < 4.78 is 15.8. The zero-order valence-electron chi connectivity index (χ0n) is 15.8. The fourth-order valence-corrected chi connectivity index (χ4v) is 3.90. The van der Waals surface area contributed by atoms with Gasteiger partial charge in [0, 0.05) is 30.5 Å². The highest BCUT2D eigenvalue weighted by Crippen LogP contribution is 2.37. The lowest BCUT2D eigenvalue weighted by Gasteiger charge is -2.27. The van der Waals surface area contributed by atoms with E-state index in [-0.39, 0.29) is 11.9 Å². The lowest BCUT2D eigenvalue weighted by atomic mass is 10.00. The van der Waals surface area contributed by atoms with Crippen LogP contribution < -0.4 is 10.2 Å². The molecule has 0 bridgehead atoms. The SMILES string of the molecule is Cc1cnn2ccc(N3CCCC3c3cc(F)cnc3CCCNC=O)nc12. The van der Waals surface area contributed by atoms with Gasteiger partial charge in [0.2, 0.25) is 6.41 Å². The number of amides is 1. The van der Waals surface area contributed by atoms with Gasteiger partial charge in [-0.1, -0.05) is 0 Å². The van der Waals surface area contributed by atoms with Crippen molar-refractivity contribution in [2.24, 2.45) is 0 Å². The van der Waals surface area contributed by atoms with Crippen molar-refractivity contribution >= 4 is 17.9 Å². The van der Waals surface area contributed by atoms with Crippen molar-refractivity contribution in [1.29, 1.82) is 0 Å². The molecule has 146 valence electrons. The van der Waals surface area contributed by atoms with Gasteiger partial charge in [0.05, 0.1) is 18.4 Å². The van der Waals surface area contributed by atoms with Gasteiger partial charge < -0.3 is 10.2 Å². The number of hydrogen-bond acceptors (Lipinski definition) is 5. The first-order valence-electron chi connectivity index (χ1n) is 9.56. The molecule has 4 rings (SSSR count). The van der Waals surface area contributed by atoms with E-state index in [4.69, 9.17) is 4.98 Å². The maximum atomic E-state index is 14.0. The van der Waals surface area contributed by atoms with Gasteiger partial charge in [-0.15, -0.1) is 0 Å². The number of aromatic nitrogens is 4. The summed E-state index contributed by atoms with van der Waals surface area (Å²) in [5, 5.41) is 6.95. The van der Waals surface area contributed by atoms with E-state index in [2.05, 4.69) is 20.3 Å². The lowest BCUT2D eigenvalue weighted by Crippen LogP contribution is -2.25. The van der Waals surface area contributed by atoms with E-state index in [1.807, 2.05) is 19.2 Å². The second-order valence-electron chi connectivity index (χ2n) is 7.10. The Kier molecular flexibility index (Phi) is 5.18. The molecule has 0 aromatic carbocycles. The van der Waals surface area contributed by atoms with Crippen LogP contribution in [0, 0.1) is 12.7 Å². The molecular formula is C20H23FN6O. The molecule has 0 radical (unpaired) electrons. The molecule has 3 aromatic heterocycles. The smallest absolute Gasteiger partial charge is 0.207 e. The zero-order chi connectivity index (χ0) is 19.5. The summed E-state index contributed by atoms with van der Waals surface area (Å²) in [6.07, 6.45) is 9.06. The van der Waals surface area contributed by atoms with Crippen LogP contribution in [0.4, 0.5) is 10.2 Å². The van der Waals surface area contributed by atoms with Gasteiger partial charge in [-0.3, -0.25) is 9.78 Å². The van der Waals surface area contributed by atoms with E-state index in [0.29, 0.717) is 19.4 Å². The van der Waals surface area contributed by atoms with E-state index >= 15 is 0 Å². The summed E-state index contributed by atoms with van der Waals surface area (Å²) in [5.41, 5.74) is 3.65. The van der Waals surface area contributed by atoms with Crippen LogP contribution in [0.3, 0.4) is 0 Å². The first-order valence-corrected chi connectivity index (χ1v) is 9.56. The number of aryl methyl sites for hydroxylation is 2. The van der Waals surface area contributed by atoms with E-state index in [1.54, 1.807) is 16.8 Å². The maximum absolute atomic E-state index is 14.0. The Balaban J connectivity index is 1.64. The number of anilines is 1. The van der Waals surface area contributed by atoms with Crippen LogP contribution in [-0.2, 0) is 11.2 Å². The quantitative estimate of drug-likeness (QED) is 0.502. The molecule has 1 fully saturated rings. The average Bonchev–Trinajstić information content (AvgIpc) is 3.33. The van der Waals surface area contributed by atoms with Crippen LogP contribution in [-0.4, -0.2) is 39.1 Å². The normalized spacial score (nSPS) is 16.6. The number of rotatable bonds is 7. The monoisotopic (exact) mass is 382 g/mol. The minimum Gasteiger partial charge on any atom is -0.359 e. The fraction of sp³-hybridized carbons (Fsp3) is 0.400. The lowest BCUT2D eigenvalue weighted by molar-refractivity contribution is -0.109. The summed E-state index contributed by atoms with van der Waals surface area (Å²) in [7, 11) is 0. The first-order chi connectivity index (χ1) is 13.7. The largest absolute Gasteiger partial charge is 0.359 e. The van der Waals surface area contributed by atoms with Gasteiger partial charge in [-0.05, 0) is 50.3 Å². The molecule has 1 unspecified atom stereocenters. The van der Waals surface area contributed by atoms with Gasteiger partial charge in [-0.2, -0.15) is 5.10 Å². The third-order valence-corrected chi connectivity index (χ3v) is 5.23. The Hall–Kier alpha value is -3.03. The molecule has 1 amide bonds. The first kappa shape index (κ1) is 18.3. The fourth-order valence-electron chi connectivity index (χ4n) is 3.90. The van der Waals surface area contributed by atoms with Crippen molar-refractivity contribution < 1.29 is 9.18 Å². The van der Waals surface area contributed by atoms with Gasteiger partial charge in [0.25, 0.3) is 0 Å². The Morgan fingerprint density at radius 2 is 2.29 bits per heavy atom. The average molecular weight is 382 g/mol. The molecule has 8 heteroatoms. The number of fused-ring (bicyclic) bond motifs is 1. The number of carbonyl (C=O) groups is 1. The molecule has 1 saturated heterocycles. The summed E-state index contributed by atoms with van der Waals surface area (Å²) >= 11 is 0. The van der Waals surface area contributed by atoms with E-state index in [1.165, 1.54) is 6.20 Å². The highest BCUT2D eigenvalue weighted by atomic mass is 19.1. The van der Waals surface area contributed by atoms with Crippen molar-refractivity contribution in [1.82, 2.24) is 24.9 Å². The molecule has 0 aliphatic carbocycles. The van der Waals surface area contributed by atoms with E-state index in [9.17, 15) is 9.18 Å². The van der Waals surface area contributed by atoms with Crippen molar-refractivity contribution in [3.05, 3.63) is 53.4 Å². The molecule has 7 nitrogen and oxygen atoms in total. The van der Waals surface area contributed by atoms with Gasteiger partial charge >= 0.3 is 0 Å². The van der Waals surface area contributed by atoms with Crippen molar-refractivity contribution in [3.8, 4) is 0 Å².